The third-order valence-electron chi connectivity index (χ3n) is 2.23. The van der Waals surface area contributed by atoms with Gasteiger partial charge in [-0.15, -0.1) is 0 Å². The molecule has 0 saturated carbocycles. The molecule has 0 unspecified atom stereocenters. The Balaban J connectivity index is 2.64. The molecule has 1 rings (SSSR count). The molecule has 0 aliphatic heterocycles. The van der Waals surface area contributed by atoms with Gasteiger partial charge in [-0.05, 0) is 24.1 Å². The Morgan fingerprint density at radius 3 is 2.55 bits per heavy atom. The van der Waals surface area contributed by atoms with Gasteiger partial charge >= 0.3 is 13.8 Å². The predicted octanol–water partition coefficient (Wildman–Crippen LogP) is -0.208. The molecule has 1 aromatic rings. The fourth-order valence-corrected chi connectivity index (χ4v) is 1.50. The van der Waals surface area contributed by atoms with Crippen molar-refractivity contribution in [2.75, 3.05) is 6.79 Å². The molecule has 0 aliphatic carbocycles. The SMILES string of the molecule is N[C@@H](Cc1ccc(OCOP(=O)(O)O)c(O)c1)C(=O)O. The Morgan fingerprint density at radius 1 is 1.40 bits per heavy atom. The van der Waals surface area contributed by atoms with Gasteiger partial charge in [0.25, 0.3) is 0 Å². The number of phenolic OH excluding ortho intramolecular Hbond substituents is 1. The number of rotatable bonds is 7. The first-order valence-corrected chi connectivity index (χ1v) is 6.85. The van der Waals surface area contributed by atoms with Gasteiger partial charge in [-0.25, -0.2) is 9.09 Å². The van der Waals surface area contributed by atoms with Crippen LogP contribution in [0.25, 0.3) is 0 Å². The summed E-state index contributed by atoms with van der Waals surface area (Å²) < 4.78 is 19.3. The highest BCUT2D eigenvalue weighted by Crippen LogP contribution is 2.36. The van der Waals surface area contributed by atoms with Gasteiger partial charge in [0.05, 0.1) is 0 Å². The van der Waals surface area contributed by atoms with Crippen LogP contribution in [0.1, 0.15) is 5.56 Å². The minimum atomic E-state index is -4.65. The van der Waals surface area contributed by atoms with Crippen LogP contribution < -0.4 is 10.5 Å². The van der Waals surface area contributed by atoms with Crippen LogP contribution in [0.4, 0.5) is 0 Å². The molecule has 20 heavy (non-hydrogen) atoms. The lowest BCUT2D eigenvalue weighted by molar-refractivity contribution is -0.138. The van der Waals surface area contributed by atoms with Crippen LogP contribution >= 0.6 is 7.82 Å². The van der Waals surface area contributed by atoms with Gasteiger partial charge in [0.1, 0.15) is 6.04 Å². The van der Waals surface area contributed by atoms with E-state index in [0.29, 0.717) is 5.56 Å². The number of phosphoric acid groups is 1. The van der Waals surface area contributed by atoms with E-state index in [1.807, 2.05) is 0 Å². The van der Waals surface area contributed by atoms with Crippen molar-refractivity contribution in [3.8, 4) is 11.5 Å². The van der Waals surface area contributed by atoms with Gasteiger partial charge in [-0.2, -0.15) is 0 Å². The summed E-state index contributed by atoms with van der Waals surface area (Å²) in [4.78, 5) is 27.5. The molecule has 0 amide bonds. The number of ether oxygens (including phenoxy) is 1. The van der Waals surface area contributed by atoms with Gasteiger partial charge in [-0.1, -0.05) is 6.07 Å². The molecule has 6 N–H and O–H groups in total. The van der Waals surface area contributed by atoms with Crippen molar-refractivity contribution >= 4 is 13.8 Å². The fourth-order valence-electron chi connectivity index (χ4n) is 1.31. The first-order chi connectivity index (χ1) is 9.19. The number of nitrogens with two attached hydrogens (primary N) is 1. The van der Waals surface area contributed by atoms with Crippen molar-refractivity contribution in [1.29, 1.82) is 0 Å². The van der Waals surface area contributed by atoms with E-state index in [4.69, 9.17) is 25.4 Å². The highest BCUT2D eigenvalue weighted by molar-refractivity contribution is 7.46. The van der Waals surface area contributed by atoms with E-state index in [9.17, 15) is 14.5 Å². The molecular formula is C10H14NO8P. The van der Waals surface area contributed by atoms with Crippen LogP contribution in [-0.2, 0) is 20.3 Å². The van der Waals surface area contributed by atoms with Crippen molar-refractivity contribution < 1.29 is 38.6 Å². The van der Waals surface area contributed by atoms with Crippen molar-refractivity contribution in [3.63, 3.8) is 0 Å². The third-order valence-corrected chi connectivity index (χ3v) is 2.67. The van der Waals surface area contributed by atoms with E-state index >= 15 is 0 Å². The molecule has 1 atom stereocenters. The standard InChI is InChI=1S/C10H14NO8P/c11-7(10(13)14)3-6-1-2-9(8(12)4-6)18-5-19-20(15,16)17/h1-2,4,7,12H,3,5,11H2,(H,13,14)(H2,15,16,17)/t7-/m0/s1. The first-order valence-electron chi connectivity index (χ1n) is 5.32. The molecule has 9 nitrogen and oxygen atoms in total. The van der Waals surface area contributed by atoms with Crippen molar-refractivity contribution in [1.82, 2.24) is 0 Å². The van der Waals surface area contributed by atoms with Crippen molar-refractivity contribution in [3.05, 3.63) is 23.8 Å². The van der Waals surface area contributed by atoms with Crippen LogP contribution in [0.3, 0.4) is 0 Å². The Hall–Kier alpha value is -1.64. The van der Waals surface area contributed by atoms with Crippen LogP contribution in [0.15, 0.2) is 18.2 Å². The molecule has 0 bridgehead atoms. The van der Waals surface area contributed by atoms with Crippen molar-refractivity contribution in [2.24, 2.45) is 5.73 Å². The van der Waals surface area contributed by atoms with E-state index in [0.717, 1.165) is 0 Å². The van der Waals surface area contributed by atoms with E-state index in [1.165, 1.54) is 18.2 Å². The van der Waals surface area contributed by atoms with Gasteiger partial charge < -0.3 is 30.5 Å². The molecule has 0 spiro atoms. The third kappa shape index (κ3) is 5.55. The quantitative estimate of drug-likeness (QED) is 0.339. The fraction of sp³-hybridized carbons (Fsp3) is 0.300. The average molecular weight is 307 g/mol. The zero-order chi connectivity index (χ0) is 15.3. The van der Waals surface area contributed by atoms with Crippen LogP contribution in [-0.4, -0.2) is 38.8 Å². The lowest BCUT2D eigenvalue weighted by Gasteiger charge is -2.11. The molecule has 0 heterocycles. The summed E-state index contributed by atoms with van der Waals surface area (Å²) in [7, 11) is -4.65. The summed E-state index contributed by atoms with van der Waals surface area (Å²) in [5.41, 5.74) is 5.82. The molecule has 0 saturated heterocycles. The molecule has 0 fully saturated rings. The Kier molecular flexibility index (Phi) is 5.49. The summed E-state index contributed by atoms with van der Waals surface area (Å²) in [5.74, 6) is -1.56. The Morgan fingerprint density at radius 2 is 2.05 bits per heavy atom. The lowest BCUT2D eigenvalue weighted by atomic mass is 10.1. The number of carboxylic acids is 1. The summed E-state index contributed by atoms with van der Waals surface area (Å²) in [6.45, 7) is -0.744. The minimum absolute atomic E-state index is 0.0160. The second-order valence-electron chi connectivity index (χ2n) is 3.83. The smallest absolute Gasteiger partial charge is 0.472 e. The number of hydrogen-bond acceptors (Lipinski definition) is 6. The van der Waals surface area contributed by atoms with Crippen LogP contribution in [0, 0.1) is 0 Å². The molecule has 112 valence electrons. The Labute approximate surface area is 113 Å². The second kappa shape index (κ2) is 6.69. The largest absolute Gasteiger partial charge is 0.504 e. The number of phenols is 1. The highest BCUT2D eigenvalue weighted by atomic mass is 31.2. The van der Waals surface area contributed by atoms with E-state index < -0.39 is 26.6 Å². The maximum absolute atomic E-state index is 10.6. The zero-order valence-corrected chi connectivity index (χ0v) is 11.1. The summed E-state index contributed by atoms with van der Waals surface area (Å²) in [6.07, 6.45) is 0.0160. The Bertz CT molecular complexity index is 528. The lowest BCUT2D eigenvalue weighted by Crippen LogP contribution is -2.32. The minimum Gasteiger partial charge on any atom is -0.504 e. The topological polar surface area (TPSA) is 160 Å². The van der Waals surface area contributed by atoms with Crippen LogP contribution in [0.5, 0.6) is 11.5 Å². The normalized spacial score (nSPS) is 12.9. The molecular weight excluding hydrogens is 293 g/mol. The monoisotopic (exact) mass is 307 g/mol. The van der Waals surface area contributed by atoms with Gasteiger partial charge in [0, 0.05) is 0 Å². The molecule has 0 aromatic heterocycles. The van der Waals surface area contributed by atoms with Gasteiger partial charge in [0.2, 0.25) is 6.79 Å². The number of aliphatic carboxylic acids is 1. The average Bonchev–Trinajstić information content (AvgIpc) is 2.30. The summed E-state index contributed by atoms with van der Waals surface area (Å²) in [5, 5.41) is 18.3. The molecule has 10 heteroatoms. The van der Waals surface area contributed by atoms with E-state index in [1.54, 1.807) is 0 Å². The number of phosphoric ester groups is 1. The second-order valence-corrected chi connectivity index (χ2v) is 5.07. The summed E-state index contributed by atoms with van der Waals surface area (Å²) in [6, 6.07) is 2.92. The zero-order valence-electron chi connectivity index (χ0n) is 10.2. The van der Waals surface area contributed by atoms with E-state index in [2.05, 4.69) is 4.52 Å². The molecule has 0 aliphatic rings. The first kappa shape index (κ1) is 16.4. The number of carboxylic acid groups (broad SMARTS) is 1. The van der Waals surface area contributed by atoms with Gasteiger partial charge in [-0.3, -0.25) is 4.79 Å². The molecule has 1 aromatic carbocycles. The number of aromatic hydroxyl groups is 1. The highest BCUT2D eigenvalue weighted by Gasteiger charge is 2.16. The predicted molar refractivity (Wildman–Crippen MR) is 66.0 cm³/mol. The number of hydrogen-bond donors (Lipinski definition) is 5. The van der Waals surface area contributed by atoms with E-state index in [-0.39, 0.29) is 17.9 Å². The summed E-state index contributed by atoms with van der Waals surface area (Å²) >= 11 is 0. The van der Waals surface area contributed by atoms with Crippen molar-refractivity contribution in [2.45, 2.75) is 12.5 Å². The molecule has 0 radical (unpaired) electrons. The maximum Gasteiger partial charge on any atom is 0.472 e. The van der Waals surface area contributed by atoms with Crippen LogP contribution in [0.2, 0.25) is 0 Å². The number of carbonyl (C=O) groups is 1. The maximum atomic E-state index is 10.6. The number of benzene rings is 1. The van der Waals surface area contributed by atoms with Gasteiger partial charge in [0.15, 0.2) is 11.5 Å².